The molecule has 2 fully saturated rings. The van der Waals surface area contributed by atoms with Crippen molar-refractivity contribution in [3.63, 3.8) is 0 Å². The van der Waals surface area contributed by atoms with Gasteiger partial charge < -0.3 is 15.4 Å². The van der Waals surface area contributed by atoms with Crippen LogP contribution in [0.15, 0.2) is 34.2 Å². The summed E-state index contributed by atoms with van der Waals surface area (Å²) < 4.78 is 33.6. The molecule has 2 N–H and O–H groups in total. The van der Waals surface area contributed by atoms with Crippen molar-refractivity contribution in [2.45, 2.75) is 56.9 Å². The average Bonchev–Trinajstić information content (AvgIpc) is 3.59. The third kappa shape index (κ3) is 8.51. The van der Waals surface area contributed by atoms with E-state index in [-0.39, 0.29) is 24.0 Å². The van der Waals surface area contributed by atoms with Crippen molar-refractivity contribution in [3.05, 3.63) is 29.8 Å². The van der Waals surface area contributed by atoms with Crippen LogP contribution in [0, 0.1) is 5.92 Å². The minimum absolute atomic E-state index is 0. The summed E-state index contributed by atoms with van der Waals surface area (Å²) >= 11 is 0. The Bertz CT molecular complexity index is 794. The monoisotopic (exact) mass is 564 g/mol. The molecule has 1 aliphatic carbocycles. The molecule has 0 atom stereocenters. The van der Waals surface area contributed by atoms with Gasteiger partial charge in [-0.25, -0.2) is 13.4 Å². The zero-order valence-corrected chi connectivity index (χ0v) is 21.7. The van der Waals surface area contributed by atoms with Crippen molar-refractivity contribution < 1.29 is 13.2 Å². The number of piperidine rings is 1. The summed E-state index contributed by atoms with van der Waals surface area (Å²) in [5.41, 5.74) is 0.730. The Kier molecular flexibility index (Phi) is 11.6. The summed E-state index contributed by atoms with van der Waals surface area (Å²) in [7, 11) is -3.48. The first-order valence-corrected chi connectivity index (χ1v) is 12.7. The summed E-state index contributed by atoms with van der Waals surface area (Å²) in [5.74, 6) is 1.49. The van der Waals surface area contributed by atoms with Gasteiger partial charge in [-0.15, -0.1) is 24.0 Å². The molecule has 1 aliphatic heterocycles. The predicted molar refractivity (Wildman–Crippen MR) is 135 cm³/mol. The number of nitrogens with one attached hydrogen (secondary N) is 2. The second-order valence-corrected chi connectivity index (χ2v) is 9.97. The summed E-state index contributed by atoms with van der Waals surface area (Å²) in [6, 6.07) is 7.22. The van der Waals surface area contributed by atoms with E-state index in [1.165, 1.54) is 12.8 Å². The summed E-state index contributed by atoms with van der Waals surface area (Å²) in [4.78, 5) is 5.00. The Morgan fingerprint density at radius 3 is 2.61 bits per heavy atom. The lowest BCUT2D eigenvalue weighted by molar-refractivity contribution is 0.123. The van der Waals surface area contributed by atoms with Gasteiger partial charge in [-0.2, -0.15) is 4.31 Å². The van der Waals surface area contributed by atoms with Crippen LogP contribution >= 0.6 is 24.0 Å². The number of halogens is 1. The van der Waals surface area contributed by atoms with Gasteiger partial charge in [-0.3, -0.25) is 0 Å². The van der Waals surface area contributed by atoms with Crippen LogP contribution in [0.3, 0.4) is 0 Å². The molecule has 0 radical (unpaired) electrons. The zero-order valence-electron chi connectivity index (χ0n) is 18.5. The van der Waals surface area contributed by atoms with Gasteiger partial charge in [0.2, 0.25) is 10.0 Å². The lowest BCUT2D eigenvalue weighted by Gasteiger charge is -2.26. The van der Waals surface area contributed by atoms with Crippen molar-refractivity contribution in [3.8, 4) is 0 Å². The molecule has 0 amide bonds. The van der Waals surface area contributed by atoms with E-state index in [4.69, 9.17) is 4.74 Å². The number of sulfonamides is 1. The van der Waals surface area contributed by atoms with Crippen molar-refractivity contribution in [2.24, 2.45) is 10.9 Å². The first kappa shape index (κ1) is 26.3. The number of guanidine groups is 1. The van der Waals surface area contributed by atoms with Crippen LogP contribution in [0.2, 0.25) is 0 Å². The standard InChI is InChI=1S/C22H36N4O3S.HI/c1-2-23-22(24-13-8-16-29-18-19-11-12-19)25-17-20-9-4-5-10-21(20)30(27,28)26-14-6-3-7-15-26;/h4-5,9-10,19H,2-3,6-8,11-18H2,1H3,(H2,23,24,25);1H. The van der Waals surface area contributed by atoms with Gasteiger partial charge in [0, 0.05) is 39.4 Å². The van der Waals surface area contributed by atoms with E-state index >= 15 is 0 Å². The number of ether oxygens (including phenoxy) is 1. The molecule has 0 bridgehead atoms. The highest BCUT2D eigenvalue weighted by Gasteiger charge is 2.27. The van der Waals surface area contributed by atoms with E-state index in [1.807, 2.05) is 19.1 Å². The molecule has 0 aromatic heterocycles. The van der Waals surface area contributed by atoms with Gasteiger partial charge in [-0.1, -0.05) is 24.6 Å². The molecule has 0 unspecified atom stereocenters. The number of hydrogen-bond donors (Lipinski definition) is 2. The Morgan fingerprint density at radius 1 is 1.16 bits per heavy atom. The lowest BCUT2D eigenvalue weighted by Crippen LogP contribution is -2.38. The van der Waals surface area contributed by atoms with Gasteiger partial charge in [0.1, 0.15) is 0 Å². The molecule has 7 nitrogen and oxygen atoms in total. The first-order chi connectivity index (χ1) is 14.6. The fourth-order valence-electron chi connectivity index (χ4n) is 3.55. The predicted octanol–water partition coefficient (Wildman–Crippen LogP) is 3.35. The number of benzene rings is 1. The number of nitrogens with zero attached hydrogens (tertiary/aromatic N) is 2. The van der Waals surface area contributed by atoms with Gasteiger partial charge in [-0.05, 0) is 56.6 Å². The van der Waals surface area contributed by atoms with E-state index in [1.54, 1.807) is 16.4 Å². The second-order valence-electron chi connectivity index (χ2n) is 8.07. The lowest BCUT2D eigenvalue weighted by atomic mass is 10.2. The van der Waals surface area contributed by atoms with E-state index in [0.29, 0.717) is 30.5 Å². The van der Waals surface area contributed by atoms with Crippen LogP contribution in [-0.2, 0) is 21.3 Å². The molecule has 31 heavy (non-hydrogen) atoms. The highest BCUT2D eigenvalue weighted by Crippen LogP contribution is 2.28. The normalized spacial score (nSPS) is 17.8. The van der Waals surface area contributed by atoms with Gasteiger partial charge in [0.25, 0.3) is 0 Å². The molecule has 0 spiro atoms. The molecule has 1 saturated heterocycles. The maximum atomic E-state index is 13.1. The van der Waals surface area contributed by atoms with Crippen LogP contribution in [0.1, 0.15) is 51.0 Å². The van der Waals surface area contributed by atoms with E-state index in [9.17, 15) is 8.42 Å². The SMILES string of the molecule is CCNC(=NCc1ccccc1S(=O)(=O)N1CCCCC1)NCCCOCC1CC1.I. The smallest absolute Gasteiger partial charge is 0.243 e. The Morgan fingerprint density at radius 2 is 1.90 bits per heavy atom. The molecule has 2 aliphatic rings. The van der Waals surface area contributed by atoms with Crippen LogP contribution in [-0.4, -0.2) is 58.1 Å². The topological polar surface area (TPSA) is 83.0 Å². The number of rotatable bonds is 11. The van der Waals surface area contributed by atoms with Crippen molar-refractivity contribution in [1.29, 1.82) is 0 Å². The maximum absolute atomic E-state index is 13.1. The highest BCUT2D eigenvalue weighted by atomic mass is 127. The first-order valence-electron chi connectivity index (χ1n) is 11.3. The minimum atomic E-state index is -3.48. The molecule has 1 heterocycles. The maximum Gasteiger partial charge on any atom is 0.243 e. The van der Waals surface area contributed by atoms with Gasteiger partial charge in [0.15, 0.2) is 5.96 Å². The Balaban J connectivity index is 0.00000341. The fraction of sp³-hybridized carbons (Fsp3) is 0.682. The highest BCUT2D eigenvalue weighted by molar-refractivity contribution is 14.0. The zero-order chi connectivity index (χ0) is 21.2. The van der Waals surface area contributed by atoms with Crippen molar-refractivity contribution in [1.82, 2.24) is 14.9 Å². The van der Waals surface area contributed by atoms with Crippen molar-refractivity contribution >= 4 is 40.0 Å². The number of hydrogen-bond acceptors (Lipinski definition) is 4. The Hall–Kier alpha value is -0.910. The Labute approximate surface area is 204 Å². The average molecular weight is 565 g/mol. The van der Waals surface area contributed by atoms with Crippen molar-refractivity contribution in [2.75, 3.05) is 39.4 Å². The molecule has 3 rings (SSSR count). The third-order valence-electron chi connectivity index (χ3n) is 5.47. The van der Waals surface area contributed by atoms with Crippen LogP contribution in [0.5, 0.6) is 0 Å². The van der Waals surface area contributed by atoms with Crippen LogP contribution < -0.4 is 10.6 Å². The molecule has 1 aromatic rings. The molecule has 1 saturated carbocycles. The van der Waals surface area contributed by atoms with E-state index in [2.05, 4.69) is 15.6 Å². The third-order valence-corrected chi connectivity index (χ3v) is 7.46. The largest absolute Gasteiger partial charge is 0.381 e. The van der Waals surface area contributed by atoms with E-state index in [0.717, 1.165) is 63.5 Å². The van der Waals surface area contributed by atoms with Gasteiger partial charge in [0.05, 0.1) is 11.4 Å². The molecule has 9 heteroatoms. The quantitative estimate of drug-likeness (QED) is 0.187. The molecular weight excluding hydrogens is 527 g/mol. The summed E-state index contributed by atoms with van der Waals surface area (Å²) in [6.45, 7) is 6.69. The second kappa shape index (κ2) is 13.6. The number of aliphatic imine (C=N–C) groups is 1. The molecule has 1 aromatic carbocycles. The molecular formula is C22H37IN4O3S. The fourth-order valence-corrected chi connectivity index (χ4v) is 5.28. The summed E-state index contributed by atoms with van der Waals surface area (Å²) in [6.07, 6.45) is 6.49. The van der Waals surface area contributed by atoms with E-state index < -0.39 is 10.0 Å². The minimum Gasteiger partial charge on any atom is -0.381 e. The van der Waals surface area contributed by atoms with Crippen LogP contribution in [0.4, 0.5) is 0 Å². The van der Waals surface area contributed by atoms with Crippen LogP contribution in [0.25, 0.3) is 0 Å². The summed E-state index contributed by atoms with van der Waals surface area (Å²) in [5, 5.41) is 6.55. The molecule has 176 valence electrons. The van der Waals surface area contributed by atoms with Gasteiger partial charge >= 0.3 is 0 Å².